The fourth-order valence-corrected chi connectivity index (χ4v) is 2.72. The predicted molar refractivity (Wildman–Crippen MR) is 112 cm³/mol. The van der Waals surface area contributed by atoms with Crippen LogP contribution in [0.1, 0.15) is 24.8 Å². The van der Waals surface area contributed by atoms with E-state index in [1.807, 2.05) is 19.2 Å². The van der Waals surface area contributed by atoms with Crippen molar-refractivity contribution >= 4 is 29.9 Å². The quantitative estimate of drug-likeness (QED) is 0.303. The number of likely N-dealkylation sites (tertiary alicyclic amines) is 1. The molecule has 0 radical (unpaired) electrons. The number of rotatable bonds is 7. The molecule has 5 nitrogen and oxygen atoms in total. The molecule has 1 saturated heterocycles. The van der Waals surface area contributed by atoms with E-state index in [0.717, 1.165) is 50.9 Å². The van der Waals surface area contributed by atoms with Gasteiger partial charge in [0, 0.05) is 33.2 Å². The van der Waals surface area contributed by atoms with Crippen LogP contribution in [0.25, 0.3) is 0 Å². The largest absolute Gasteiger partial charge is 0.494 e. The third kappa shape index (κ3) is 7.25. The summed E-state index contributed by atoms with van der Waals surface area (Å²) in [6.07, 6.45) is 3.57. The van der Waals surface area contributed by atoms with Gasteiger partial charge in [-0.15, -0.1) is 24.0 Å². The van der Waals surface area contributed by atoms with E-state index in [4.69, 9.17) is 4.74 Å². The number of benzene rings is 1. The average Bonchev–Trinajstić information content (AvgIpc) is 3.08. The first-order chi connectivity index (χ1) is 11.2. The molecular formula is C18H31IN4O. The van der Waals surface area contributed by atoms with Crippen LogP contribution in [-0.4, -0.2) is 63.1 Å². The van der Waals surface area contributed by atoms with Gasteiger partial charge in [0.25, 0.3) is 0 Å². The summed E-state index contributed by atoms with van der Waals surface area (Å²) in [6.45, 7) is 4.83. The van der Waals surface area contributed by atoms with E-state index in [-0.39, 0.29) is 24.0 Å². The van der Waals surface area contributed by atoms with Crippen LogP contribution in [0, 0.1) is 0 Å². The zero-order valence-electron chi connectivity index (χ0n) is 15.1. The van der Waals surface area contributed by atoms with E-state index >= 15 is 0 Å². The molecule has 0 atom stereocenters. The van der Waals surface area contributed by atoms with E-state index in [0.29, 0.717) is 0 Å². The summed E-state index contributed by atoms with van der Waals surface area (Å²) in [5.41, 5.74) is 1.24. The van der Waals surface area contributed by atoms with Crippen LogP contribution in [0.3, 0.4) is 0 Å². The standard InChI is InChI=1S/C18H30N4O.HI/c1-19-18(22-12-4-5-13-22)20-15-16-7-9-17(10-8-16)23-14-6-11-21(2)3;/h7-10H,4-6,11-15H2,1-3H3,(H,19,20);1H. The molecular weight excluding hydrogens is 415 g/mol. The summed E-state index contributed by atoms with van der Waals surface area (Å²) in [7, 11) is 6.01. The Bertz CT molecular complexity index is 484. The maximum Gasteiger partial charge on any atom is 0.193 e. The SMILES string of the molecule is CN=C(NCc1ccc(OCCCN(C)C)cc1)N1CCCC1.I. The highest BCUT2D eigenvalue weighted by atomic mass is 127. The number of halogens is 1. The number of hydrogen-bond donors (Lipinski definition) is 1. The summed E-state index contributed by atoms with van der Waals surface area (Å²) in [5, 5.41) is 3.44. The monoisotopic (exact) mass is 446 g/mol. The molecule has 0 amide bonds. The minimum atomic E-state index is 0. The molecule has 0 bridgehead atoms. The molecule has 1 N–H and O–H groups in total. The second-order valence-corrected chi connectivity index (χ2v) is 6.24. The summed E-state index contributed by atoms with van der Waals surface area (Å²) in [4.78, 5) is 8.86. The van der Waals surface area contributed by atoms with Gasteiger partial charge >= 0.3 is 0 Å². The van der Waals surface area contributed by atoms with E-state index in [9.17, 15) is 0 Å². The van der Waals surface area contributed by atoms with Crippen LogP contribution in [0.15, 0.2) is 29.3 Å². The van der Waals surface area contributed by atoms with Gasteiger partial charge in [0.05, 0.1) is 6.61 Å². The van der Waals surface area contributed by atoms with Crippen molar-refractivity contribution < 1.29 is 4.74 Å². The third-order valence-corrected chi connectivity index (χ3v) is 4.01. The van der Waals surface area contributed by atoms with Gasteiger partial charge in [0.1, 0.15) is 5.75 Å². The lowest BCUT2D eigenvalue weighted by molar-refractivity contribution is 0.281. The van der Waals surface area contributed by atoms with Crippen molar-refractivity contribution in [3.05, 3.63) is 29.8 Å². The maximum atomic E-state index is 5.76. The van der Waals surface area contributed by atoms with Crippen LogP contribution in [0.5, 0.6) is 5.75 Å². The van der Waals surface area contributed by atoms with Gasteiger partial charge in [-0.3, -0.25) is 4.99 Å². The zero-order valence-corrected chi connectivity index (χ0v) is 17.5. The van der Waals surface area contributed by atoms with Gasteiger partial charge in [-0.25, -0.2) is 0 Å². The van der Waals surface area contributed by atoms with Crippen LogP contribution < -0.4 is 10.1 Å². The molecule has 1 aromatic rings. The van der Waals surface area contributed by atoms with Gasteiger partial charge in [-0.05, 0) is 51.1 Å². The molecule has 0 spiro atoms. The lowest BCUT2D eigenvalue weighted by Crippen LogP contribution is -2.39. The van der Waals surface area contributed by atoms with Gasteiger partial charge in [0.2, 0.25) is 0 Å². The van der Waals surface area contributed by atoms with Crippen molar-refractivity contribution in [3.8, 4) is 5.75 Å². The Morgan fingerprint density at radius 2 is 1.88 bits per heavy atom. The molecule has 0 unspecified atom stereocenters. The molecule has 2 rings (SSSR count). The van der Waals surface area contributed by atoms with Gasteiger partial charge in [-0.2, -0.15) is 0 Å². The number of ether oxygens (including phenoxy) is 1. The lowest BCUT2D eigenvalue weighted by atomic mass is 10.2. The van der Waals surface area contributed by atoms with Gasteiger partial charge in [0.15, 0.2) is 5.96 Å². The fourth-order valence-electron chi connectivity index (χ4n) is 2.72. The first-order valence-corrected chi connectivity index (χ1v) is 8.51. The number of aliphatic imine (C=N–C) groups is 1. The highest BCUT2D eigenvalue weighted by molar-refractivity contribution is 14.0. The first kappa shape index (κ1) is 21.0. The molecule has 1 fully saturated rings. The molecule has 1 aliphatic heterocycles. The zero-order chi connectivity index (χ0) is 16.5. The number of guanidine groups is 1. The lowest BCUT2D eigenvalue weighted by Gasteiger charge is -2.20. The molecule has 136 valence electrons. The Hall–Kier alpha value is -1.02. The highest BCUT2D eigenvalue weighted by Crippen LogP contribution is 2.13. The Morgan fingerprint density at radius 1 is 1.21 bits per heavy atom. The van der Waals surface area contributed by atoms with Crippen molar-refractivity contribution in [1.82, 2.24) is 15.1 Å². The molecule has 1 heterocycles. The van der Waals surface area contributed by atoms with Crippen LogP contribution in [0.4, 0.5) is 0 Å². The fraction of sp³-hybridized carbons (Fsp3) is 0.611. The van der Waals surface area contributed by atoms with E-state index in [1.165, 1.54) is 18.4 Å². The predicted octanol–water partition coefficient (Wildman–Crippen LogP) is 2.81. The molecule has 0 aromatic heterocycles. The Labute approximate surface area is 163 Å². The van der Waals surface area contributed by atoms with Crippen molar-refractivity contribution in [1.29, 1.82) is 0 Å². The van der Waals surface area contributed by atoms with E-state index < -0.39 is 0 Å². The Kier molecular flexibility index (Phi) is 10.1. The highest BCUT2D eigenvalue weighted by Gasteiger charge is 2.15. The molecule has 1 aromatic carbocycles. The van der Waals surface area contributed by atoms with Crippen molar-refractivity contribution in [2.24, 2.45) is 4.99 Å². The molecule has 6 heteroatoms. The summed E-state index contributed by atoms with van der Waals surface area (Å²) < 4.78 is 5.76. The number of nitrogens with one attached hydrogen (secondary N) is 1. The number of nitrogens with zero attached hydrogens (tertiary/aromatic N) is 3. The minimum absolute atomic E-state index is 0. The Morgan fingerprint density at radius 3 is 2.46 bits per heavy atom. The smallest absolute Gasteiger partial charge is 0.193 e. The van der Waals surface area contributed by atoms with E-state index in [2.05, 4.69) is 46.3 Å². The topological polar surface area (TPSA) is 40.1 Å². The second-order valence-electron chi connectivity index (χ2n) is 6.24. The Balaban J connectivity index is 0.00000288. The molecule has 24 heavy (non-hydrogen) atoms. The maximum absolute atomic E-state index is 5.76. The van der Waals surface area contributed by atoms with Gasteiger partial charge in [-0.1, -0.05) is 12.1 Å². The minimum Gasteiger partial charge on any atom is -0.494 e. The van der Waals surface area contributed by atoms with Crippen molar-refractivity contribution in [2.75, 3.05) is 47.4 Å². The van der Waals surface area contributed by atoms with Crippen molar-refractivity contribution in [2.45, 2.75) is 25.8 Å². The van der Waals surface area contributed by atoms with Gasteiger partial charge < -0.3 is 19.9 Å². The number of hydrogen-bond acceptors (Lipinski definition) is 3. The van der Waals surface area contributed by atoms with Crippen LogP contribution in [0.2, 0.25) is 0 Å². The summed E-state index contributed by atoms with van der Waals surface area (Å²) >= 11 is 0. The van der Waals surface area contributed by atoms with E-state index in [1.54, 1.807) is 0 Å². The molecule has 1 aliphatic rings. The normalized spacial score (nSPS) is 14.7. The van der Waals surface area contributed by atoms with Crippen LogP contribution in [-0.2, 0) is 6.54 Å². The van der Waals surface area contributed by atoms with Crippen LogP contribution >= 0.6 is 24.0 Å². The summed E-state index contributed by atoms with van der Waals surface area (Å²) in [5.74, 6) is 1.95. The average molecular weight is 446 g/mol. The second kappa shape index (κ2) is 11.5. The molecule has 0 aliphatic carbocycles. The van der Waals surface area contributed by atoms with Crippen molar-refractivity contribution in [3.63, 3.8) is 0 Å². The molecule has 0 saturated carbocycles. The summed E-state index contributed by atoms with van der Waals surface area (Å²) in [6, 6.07) is 8.33. The third-order valence-electron chi connectivity index (χ3n) is 4.01. The first-order valence-electron chi connectivity index (χ1n) is 8.51.